The number of sulfonamides is 1. The highest BCUT2D eigenvalue weighted by atomic mass is 32.2. The lowest BCUT2D eigenvalue weighted by molar-refractivity contribution is 0.104. The number of nitrogens with two attached hydrogens (primary N) is 1. The van der Waals surface area contributed by atoms with Crippen LogP contribution < -0.4 is 10.7 Å². The molecule has 6 heteroatoms. The van der Waals surface area contributed by atoms with Gasteiger partial charge in [-0.3, -0.25) is 10.6 Å². The van der Waals surface area contributed by atoms with Gasteiger partial charge in [0.05, 0.1) is 4.90 Å². The summed E-state index contributed by atoms with van der Waals surface area (Å²) in [6, 6.07) is 21.9. The molecule has 0 aliphatic heterocycles. The Morgan fingerprint density at radius 3 is 1.58 bits per heavy atom. The van der Waals surface area contributed by atoms with Gasteiger partial charge < -0.3 is 0 Å². The third kappa shape index (κ3) is 3.43. The number of hydrazine groups is 1. The second-order valence-electron chi connectivity index (χ2n) is 5.85. The summed E-state index contributed by atoms with van der Waals surface area (Å²) in [5.74, 6) is 4.99. The summed E-state index contributed by atoms with van der Waals surface area (Å²) >= 11 is 0. The van der Waals surface area contributed by atoms with E-state index in [1.165, 1.54) is 12.1 Å². The summed E-state index contributed by atoms with van der Waals surface area (Å²) in [6.07, 6.45) is 0. The largest absolute Gasteiger partial charge is 0.289 e. The van der Waals surface area contributed by atoms with Crippen LogP contribution in [0, 0.1) is 6.92 Å². The van der Waals surface area contributed by atoms with Gasteiger partial charge in [0, 0.05) is 11.1 Å². The van der Waals surface area contributed by atoms with Gasteiger partial charge in [0.1, 0.15) is 0 Å². The van der Waals surface area contributed by atoms with E-state index in [1.807, 2.05) is 55.5 Å². The normalized spacial score (nSPS) is 12.0. The van der Waals surface area contributed by atoms with Gasteiger partial charge in [0.15, 0.2) is 5.78 Å². The van der Waals surface area contributed by atoms with Crippen LogP contribution in [0.3, 0.4) is 0 Å². The van der Waals surface area contributed by atoms with Crippen LogP contribution in [0.1, 0.15) is 21.5 Å². The molecule has 0 amide bonds. The summed E-state index contributed by atoms with van der Waals surface area (Å²) < 4.78 is 22.2. The molecule has 3 N–H and O–H groups in total. The molecule has 4 rings (SSSR count). The van der Waals surface area contributed by atoms with E-state index in [0.717, 1.165) is 27.8 Å². The number of hydrogen-bond acceptors (Lipinski definition) is 4. The molecule has 0 aromatic heterocycles. The van der Waals surface area contributed by atoms with E-state index in [0.29, 0.717) is 0 Å². The number of ketones is 1. The minimum atomic E-state index is -3.49. The van der Waals surface area contributed by atoms with Crippen LogP contribution in [0.2, 0.25) is 0 Å². The van der Waals surface area contributed by atoms with Crippen molar-refractivity contribution < 1.29 is 13.2 Å². The molecule has 26 heavy (non-hydrogen) atoms. The minimum Gasteiger partial charge on any atom is -0.289 e. The van der Waals surface area contributed by atoms with E-state index in [1.54, 1.807) is 17.0 Å². The van der Waals surface area contributed by atoms with Gasteiger partial charge in [-0.15, -0.1) is 0 Å². The van der Waals surface area contributed by atoms with Crippen LogP contribution in [-0.4, -0.2) is 14.2 Å². The van der Waals surface area contributed by atoms with Crippen LogP contribution in [0.4, 0.5) is 0 Å². The Kier molecular flexibility index (Phi) is 4.99. The van der Waals surface area contributed by atoms with E-state index in [2.05, 4.69) is 0 Å². The second kappa shape index (κ2) is 7.21. The number of rotatable bonds is 2. The summed E-state index contributed by atoms with van der Waals surface area (Å²) in [4.78, 5) is 13.8. The van der Waals surface area contributed by atoms with Crippen molar-refractivity contribution in [2.45, 2.75) is 11.8 Å². The molecular weight excluding hydrogens is 348 g/mol. The lowest BCUT2D eigenvalue weighted by Crippen LogP contribution is -2.30. The molecule has 132 valence electrons. The summed E-state index contributed by atoms with van der Waals surface area (Å²) in [7, 11) is -3.49. The van der Waals surface area contributed by atoms with Crippen molar-refractivity contribution in [3.63, 3.8) is 0 Å². The fourth-order valence-electron chi connectivity index (χ4n) is 2.76. The highest BCUT2D eigenvalue weighted by Crippen LogP contribution is 2.35. The SMILES string of the molecule is Cc1ccc(S(=O)(=O)NN)cc1.O=C1c2ccccc2-c2ccccc21. The molecule has 3 aromatic rings. The highest BCUT2D eigenvalue weighted by molar-refractivity contribution is 7.89. The number of fused-ring (bicyclic) bond motifs is 3. The van der Waals surface area contributed by atoms with E-state index >= 15 is 0 Å². The average molecular weight is 366 g/mol. The van der Waals surface area contributed by atoms with Crippen LogP contribution in [0.5, 0.6) is 0 Å². The fraction of sp³-hybridized carbons (Fsp3) is 0.0500. The molecule has 0 fully saturated rings. The van der Waals surface area contributed by atoms with Crippen molar-refractivity contribution >= 4 is 15.8 Å². The van der Waals surface area contributed by atoms with Crippen LogP contribution in [0.15, 0.2) is 77.7 Å². The summed E-state index contributed by atoms with van der Waals surface area (Å²) in [5.41, 5.74) is 4.79. The third-order valence-corrected chi connectivity index (χ3v) is 5.32. The van der Waals surface area contributed by atoms with Crippen LogP contribution in [-0.2, 0) is 10.0 Å². The monoisotopic (exact) mass is 366 g/mol. The van der Waals surface area contributed by atoms with E-state index < -0.39 is 10.0 Å². The fourth-order valence-corrected chi connectivity index (χ4v) is 3.39. The third-order valence-electron chi connectivity index (χ3n) is 4.12. The predicted octanol–water partition coefficient (Wildman–Crippen LogP) is 3.05. The first-order valence-electron chi connectivity index (χ1n) is 7.96. The summed E-state index contributed by atoms with van der Waals surface area (Å²) in [6.45, 7) is 1.88. The molecule has 3 aromatic carbocycles. The molecule has 5 nitrogen and oxygen atoms in total. The van der Waals surface area contributed by atoms with Crippen LogP contribution >= 0.6 is 0 Å². The smallest absolute Gasteiger partial charge is 0.253 e. The van der Waals surface area contributed by atoms with Crippen molar-refractivity contribution in [1.29, 1.82) is 0 Å². The standard InChI is InChI=1S/C13H8O.C7H10N2O2S/c14-13-11-7-3-1-5-9(11)10-6-2-4-8-12(10)13;1-6-2-4-7(5-3-6)12(10,11)9-8/h1-8H;2-5,9H,8H2,1H3. The number of benzene rings is 3. The first-order chi connectivity index (χ1) is 12.4. The molecule has 0 bridgehead atoms. The zero-order valence-electron chi connectivity index (χ0n) is 14.1. The summed E-state index contributed by atoms with van der Waals surface area (Å²) in [5, 5.41) is 0. The van der Waals surface area contributed by atoms with Gasteiger partial charge in [0.25, 0.3) is 10.0 Å². The number of carbonyl (C=O) groups excluding carboxylic acids is 1. The Balaban J connectivity index is 0.000000153. The molecule has 0 spiro atoms. The van der Waals surface area contributed by atoms with Gasteiger partial charge in [-0.2, -0.15) is 4.83 Å². The van der Waals surface area contributed by atoms with E-state index in [4.69, 9.17) is 5.84 Å². The molecule has 0 heterocycles. The Morgan fingerprint density at radius 1 is 0.731 bits per heavy atom. The predicted molar refractivity (Wildman–Crippen MR) is 101 cm³/mol. The maximum absolute atomic E-state index is 11.9. The van der Waals surface area contributed by atoms with Crippen molar-refractivity contribution in [2.75, 3.05) is 0 Å². The quantitative estimate of drug-likeness (QED) is 0.421. The average Bonchev–Trinajstić information content (AvgIpc) is 2.96. The Bertz CT molecular complexity index is 1010. The maximum atomic E-state index is 11.9. The molecule has 0 unspecified atom stereocenters. The van der Waals surface area contributed by atoms with Gasteiger partial charge >= 0.3 is 0 Å². The van der Waals surface area contributed by atoms with E-state index in [-0.39, 0.29) is 10.7 Å². The first kappa shape index (κ1) is 18.0. The molecule has 0 saturated heterocycles. The number of hydrogen-bond donors (Lipinski definition) is 2. The van der Waals surface area contributed by atoms with Crippen molar-refractivity contribution in [3.8, 4) is 11.1 Å². The Labute approximate surface area is 152 Å². The molecule has 0 saturated carbocycles. The van der Waals surface area contributed by atoms with Gasteiger partial charge in [-0.1, -0.05) is 66.2 Å². The van der Waals surface area contributed by atoms with Crippen molar-refractivity contribution in [2.24, 2.45) is 5.84 Å². The van der Waals surface area contributed by atoms with Crippen LogP contribution in [0.25, 0.3) is 11.1 Å². The molecule has 0 atom stereocenters. The number of nitrogens with one attached hydrogen (secondary N) is 1. The molecule has 1 aliphatic rings. The molecule has 0 radical (unpaired) electrons. The van der Waals surface area contributed by atoms with Gasteiger partial charge in [-0.05, 0) is 30.2 Å². The Morgan fingerprint density at radius 2 is 1.15 bits per heavy atom. The zero-order valence-corrected chi connectivity index (χ0v) is 15.0. The van der Waals surface area contributed by atoms with E-state index in [9.17, 15) is 13.2 Å². The minimum absolute atomic E-state index is 0.149. The Hall–Kier alpha value is -2.80. The molecular formula is C20H18N2O3S. The number of aryl methyl sites for hydroxylation is 1. The van der Waals surface area contributed by atoms with Gasteiger partial charge in [0.2, 0.25) is 0 Å². The molecule has 1 aliphatic carbocycles. The van der Waals surface area contributed by atoms with Crippen molar-refractivity contribution in [3.05, 3.63) is 89.5 Å². The van der Waals surface area contributed by atoms with Gasteiger partial charge in [-0.25, -0.2) is 8.42 Å². The highest BCUT2D eigenvalue weighted by Gasteiger charge is 2.24. The number of carbonyl (C=O) groups is 1. The van der Waals surface area contributed by atoms with Crippen molar-refractivity contribution in [1.82, 2.24) is 4.83 Å². The maximum Gasteiger partial charge on any atom is 0.253 e. The first-order valence-corrected chi connectivity index (χ1v) is 9.44. The second-order valence-corrected chi connectivity index (χ2v) is 7.57. The zero-order chi connectivity index (χ0) is 18.7. The lowest BCUT2D eigenvalue weighted by Gasteiger charge is -2.01. The lowest BCUT2D eigenvalue weighted by atomic mass is 10.1. The topological polar surface area (TPSA) is 89.3 Å².